The topological polar surface area (TPSA) is 112 Å². The maximum atomic E-state index is 13.3. The molecule has 0 aliphatic carbocycles. The highest BCUT2D eigenvalue weighted by Gasteiger charge is 2.46. The quantitative estimate of drug-likeness (QED) is 0.303. The first-order valence-electron chi connectivity index (χ1n) is 13.8. The number of hydrogen-bond donors (Lipinski definition) is 0. The zero-order valence-corrected chi connectivity index (χ0v) is 25.4. The van der Waals surface area contributed by atoms with Crippen LogP contribution < -0.4 is 0 Å². The lowest BCUT2D eigenvalue weighted by atomic mass is 10.1. The number of carbonyl (C=O) groups is 4. The molecule has 1 saturated heterocycles. The van der Waals surface area contributed by atoms with Crippen LogP contribution in [0.5, 0.6) is 0 Å². The number of benzene rings is 1. The van der Waals surface area contributed by atoms with Gasteiger partial charge in [-0.15, -0.1) is 0 Å². The van der Waals surface area contributed by atoms with Crippen molar-refractivity contribution < 1.29 is 38.1 Å². The molecule has 1 aromatic rings. The molecular weight excluding hydrogens is 516 g/mol. The summed E-state index contributed by atoms with van der Waals surface area (Å²) < 4.78 is 22.2. The molecule has 0 N–H and O–H groups in total. The van der Waals surface area contributed by atoms with Crippen molar-refractivity contribution in [3.05, 3.63) is 35.9 Å². The molecule has 0 radical (unpaired) electrons. The maximum Gasteiger partial charge on any atom is 0.411 e. The fourth-order valence-corrected chi connectivity index (χ4v) is 4.14. The standard InChI is InChI=1S/C30H46N2O8/c1-28(2,3)38-24(33)16-13-17-31(26(35)39-29(4,5)6)22-18-23(32(19-22)27(36)40-30(7,8)9)25(34)37-20-21-14-11-10-12-15-21/h10-12,14-15,22-23H,13,16-20H2,1-9H3/t22-,23+/m1/s1. The molecule has 0 spiro atoms. The van der Waals surface area contributed by atoms with Crippen molar-refractivity contribution in [2.45, 2.75) is 117 Å². The van der Waals surface area contributed by atoms with Crippen molar-refractivity contribution in [3.63, 3.8) is 0 Å². The summed E-state index contributed by atoms with van der Waals surface area (Å²) in [5.41, 5.74) is -1.36. The SMILES string of the molecule is CC(C)(C)OC(=O)CCCN(C(=O)OC(C)(C)C)[C@@H]1C[C@@H](C(=O)OCc2ccccc2)N(C(=O)OC(C)(C)C)C1. The van der Waals surface area contributed by atoms with Gasteiger partial charge in [-0.2, -0.15) is 0 Å². The second-order valence-corrected chi connectivity index (χ2v) is 13.0. The minimum atomic E-state index is -0.959. The van der Waals surface area contributed by atoms with Gasteiger partial charge in [-0.05, 0) is 74.3 Å². The number of rotatable bonds is 8. The number of likely N-dealkylation sites (tertiary alicyclic amines) is 1. The fraction of sp³-hybridized carbons (Fsp3) is 0.667. The molecule has 1 aromatic carbocycles. The third-order valence-corrected chi connectivity index (χ3v) is 5.67. The summed E-state index contributed by atoms with van der Waals surface area (Å²) in [6.45, 7) is 16.1. The number of esters is 2. The molecular formula is C30H46N2O8. The lowest BCUT2D eigenvalue weighted by Gasteiger charge is -2.32. The normalized spacial score (nSPS) is 17.7. The van der Waals surface area contributed by atoms with Gasteiger partial charge in [0.1, 0.15) is 29.5 Å². The Bertz CT molecular complexity index is 1020. The van der Waals surface area contributed by atoms with Crippen molar-refractivity contribution in [1.82, 2.24) is 9.80 Å². The smallest absolute Gasteiger partial charge is 0.411 e. The zero-order chi connectivity index (χ0) is 30.3. The Morgan fingerprint density at radius 1 is 0.850 bits per heavy atom. The van der Waals surface area contributed by atoms with Crippen LogP contribution in [0.3, 0.4) is 0 Å². The van der Waals surface area contributed by atoms with Gasteiger partial charge >= 0.3 is 24.1 Å². The van der Waals surface area contributed by atoms with Crippen molar-refractivity contribution in [3.8, 4) is 0 Å². The zero-order valence-electron chi connectivity index (χ0n) is 25.4. The second-order valence-electron chi connectivity index (χ2n) is 13.0. The van der Waals surface area contributed by atoms with E-state index in [0.717, 1.165) is 5.56 Å². The summed E-state index contributed by atoms with van der Waals surface area (Å²) in [5, 5.41) is 0. The molecule has 224 valence electrons. The van der Waals surface area contributed by atoms with Crippen LogP contribution in [-0.4, -0.2) is 75.9 Å². The Kier molecular flexibility index (Phi) is 11.0. The van der Waals surface area contributed by atoms with Crippen LogP contribution in [0.25, 0.3) is 0 Å². The minimum absolute atomic E-state index is 0.0473. The van der Waals surface area contributed by atoms with Crippen LogP contribution >= 0.6 is 0 Å². The van der Waals surface area contributed by atoms with Gasteiger partial charge in [0.25, 0.3) is 0 Å². The van der Waals surface area contributed by atoms with Crippen LogP contribution in [0.1, 0.15) is 87.1 Å². The Morgan fingerprint density at radius 3 is 1.98 bits per heavy atom. The lowest BCUT2D eigenvalue weighted by molar-refractivity contribution is -0.155. The van der Waals surface area contributed by atoms with E-state index in [1.165, 1.54) is 9.80 Å². The maximum absolute atomic E-state index is 13.3. The number of carbonyl (C=O) groups excluding carboxylic acids is 4. The van der Waals surface area contributed by atoms with Crippen LogP contribution in [-0.2, 0) is 35.1 Å². The fourth-order valence-electron chi connectivity index (χ4n) is 4.14. The average molecular weight is 563 g/mol. The molecule has 2 atom stereocenters. The van der Waals surface area contributed by atoms with E-state index in [2.05, 4.69) is 0 Å². The van der Waals surface area contributed by atoms with E-state index in [9.17, 15) is 19.2 Å². The van der Waals surface area contributed by atoms with E-state index in [1.807, 2.05) is 30.3 Å². The molecule has 1 heterocycles. The summed E-state index contributed by atoms with van der Waals surface area (Å²) in [7, 11) is 0. The van der Waals surface area contributed by atoms with E-state index in [4.69, 9.17) is 18.9 Å². The van der Waals surface area contributed by atoms with Crippen molar-refractivity contribution >= 4 is 24.1 Å². The number of nitrogens with zero attached hydrogens (tertiary/aromatic N) is 2. The summed E-state index contributed by atoms with van der Waals surface area (Å²) in [4.78, 5) is 54.7. The Hall–Kier alpha value is -3.30. The Balaban J connectivity index is 2.24. The van der Waals surface area contributed by atoms with E-state index >= 15 is 0 Å². The number of ether oxygens (including phenoxy) is 4. The van der Waals surface area contributed by atoms with E-state index in [0.29, 0.717) is 6.42 Å². The highest BCUT2D eigenvalue weighted by molar-refractivity contribution is 5.83. The molecule has 2 amide bonds. The van der Waals surface area contributed by atoms with Gasteiger partial charge in [-0.1, -0.05) is 30.3 Å². The van der Waals surface area contributed by atoms with Gasteiger partial charge < -0.3 is 23.8 Å². The van der Waals surface area contributed by atoms with Gasteiger partial charge in [-0.3, -0.25) is 9.69 Å². The van der Waals surface area contributed by atoms with Gasteiger partial charge in [0.2, 0.25) is 0 Å². The summed E-state index contributed by atoms with van der Waals surface area (Å²) >= 11 is 0. The molecule has 0 aromatic heterocycles. The highest BCUT2D eigenvalue weighted by Crippen LogP contribution is 2.28. The molecule has 0 saturated carbocycles. The molecule has 10 nitrogen and oxygen atoms in total. The van der Waals surface area contributed by atoms with Crippen LogP contribution in [0.15, 0.2) is 30.3 Å². The van der Waals surface area contributed by atoms with Gasteiger partial charge in [0, 0.05) is 25.9 Å². The third-order valence-electron chi connectivity index (χ3n) is 5.67. The van der Waals surface area contributed by atoms with Crippen molar-refractivity contribution in [2.24, 2.45) is 0 Å². The van der Waals surface area contributed by atoms with Crippen molar-refractivity contribution in [2.75, 3.05) is 13.1 Å². The first-order valence-corrected chi connectivity index (χ1v) is 13.8. The summed E-state index contributed by atoms with van der Waals surface area (Å²) in [6, 6.07) is 7.71. The van der Waals surface area contributed by atoms with Gasteiger partial charge in [-0.25, -0.2) is 14.4 Å². The number of hydrogen-bond acceptors (Lipinski definition) is 8. The van der Waals surface area contributed by atoms with E-state index in [1.54, 1.807) is 62.3 Å². The lowest BCUT2D eigenvalue weighted by Crippen LogP contribution is -2.46. The molecule has 40 heavy (non-hydrogen) atoms. The van der Waals surface area contributed by atoms with E-state index in [-0.39, 0.29) is 38.5 Å². The first-order chi connectivity index (χ1) is 18.3. The minimum Gasteiger partial charge on any atom is -0.460 e. The van der Waals surface area contributed by atoms with Crippen LogP contribution in [0, 0.1) is 0 Å². The Morgan fingerprint density at radius 2 is 1.43 bits per heavy atom. The average Bonchev–Trinajstić information content (AvgIpc) is 3.23. The molecule has 0 unspecified atom stereocenters. The molecule has 1 aliphatic heterocycles. The first kappa shape index (κ1) is 32.9. The predicted octanol–water partition coefficient (Wildman–Crippen LogP) is 5.47. The summed E-state index contributed by atoms with van der Waals surface area (Å²) in [5.74, 6) is -0.962. The van der Waals surface area contributed by atoms with Crippen LogP contribution in [0.4, 0.5) is 9.59 Å². The van der Waals surface area contributed by atoms with Crippen molar-refractivity contribution in [1.29, 1.82) is 0 Å². The molecule has 0 bridgehead atoms. The van der Waals surface area contributed by atoms with Gasteiger partial charge in [0.05, 0.1) is 6.04 Å². The molecule has 1 aliphatic rings. The largest absolute Gasteiger partial charge is 0.460 e. The molecule has 1 fully saturated rings. The highest BCUT2D eigenvalue weighted by atomic mass is 16.6. The second kappa shape index (κ2) is 13.4. The van der Waals surface area contributed by atoms with Gasteiger partial charge in [0.15, 0.2) is 0 Å². The predicted molar refractivity (Wildman–Crippen MR) is 149 cm³/mol. The van der Waals surface area contributed by atoms with Crippen LogP contribution in [0.2, 0.25) is 0 Å². The molecule has 2 rings (SSSR count). The summed E-state index contributed by atoms with van der Waals surface area (Å²) in [6.07, 6.45) is -0.709. The monoisotopic (exact) mass is 562 g/mol. The molecule has 10 heteroatoms. The van der Waals surface area contributed by atoms with E-state index < -0.39 is 47.0 Å². The third kappa shape index (κ3) is 11.4. The Labute approximate surface area is 238 Å². The number of amides is 2.